The number of amides is 4. The molecule has 0 spiro atoms. The number of nitrogens with two attached hydrogens (primary N) is 2. The Morgan fingerprint density at radius 3 is 2.26 bits per heavy atom. The third-order valence-electron chi connectivity index (χ3n) is 8.10. The molecule has 0 radical (unpaired) electrons. The predicted molar refractivity (Wildman–Crippen MR) is 174 cm³/mol. The quantitative estimate of drug-likeness (QED) is 0.0598. The fourth-order valence-electron chi connectivity index (χ4n) is 5.49. The highest BCUT2D eigenvalue weighted by molar-refractivity contribution is 6.22. The van der Waals surface area contributed by atoms with Gasteiger partial charge in [-0.15, -0.1) is 6.58 Å². The van der Waals surface area contributed by atoms with Crippen LogP contribution < -0.4 is 32.7 Å². The number of nitrogens with zero attached hydrogens (tertiary/aromatic N) is 1. The standard InChI is InChI=1S/C31H52BN7O4/c1-21(32)26(20-23-12-7-4-8-13-23)39-30(43)25(16-17-27(33)40)38-29(42)24(14-9-19-36-31(34)35-2)37-28(41)18-15-22-10-5-3-6-11-22/h5,10-11,23-26H,1,3-4,6-9,12-20,32H2,2H3,(H2,33,40)(H,37,41)(H,38,42)(H,39,43)(H3,34,35,36)/t24-,25?,26-/m0/s1. The van der Waals surface area contributed by atoms with E-state index >= 15 is 0 Å². The Hall–Kier alpha value is -3.57. The highest BCUT2D eigenvalue weighted by Gasteiger charge is 2.29. The van der Waals surface area contributed by atoms with E-state index in [2.05, 4.69) is 45.0 Å². The normalized spacial score (nSPS) is 17.6. The maximum absolute atomic E-state index is 13.5. The molecule has 1 unspecified atom stereocenters. The Labute approximate surface area is 257 Å². The van der Waals surface area contributed by atoms with Crippen molar-refractivity contribution in [3.8, 4) is 0 Å². The zero-order valence-corrected chi connectivity index (χ0v) is 26.1. The fourth-order valence-corrected chi connectivity index (χ4v) is 5.49. The molecule has 0 heterocycles. The Morgan fingerprint density at radius 2 is 1.65 bits per heavy atom. The molecule has 2 aliphatic rings. The Morgan fingerprint density at radius 1 is 0.977 bits per heavy atom. The number of hydrogen-bond acceptors (Lipinski definition) is 5. The molecular weight excluding hydrogens is 545 g/mol. The first-order valence-electron chi connectivity index (χ1n) is 15.7. The third-order valence-corrected chi connectivity index (χ3v) is 8.10. The topological polar surface area (TPSA) is 181 Å². The summed E-state index contributed by atoms with van der Waals surface area (Å²) in [4.78, 5) is 55.4. The molecule has 1 fully saturated rings. The minimum Gasteiger partial charge on any atom is -0.370 e. The first kappa shape index (κ1) is 35.6. The number of allylic oxidation sites excluding steroid dienone is 4. The molecule has 11 nitrogen and oxygen atoms in total. The molecule has 0 bridgehead atoms. The van der Waals surface area contributed by atoms with Crippen molar-refractivity contribution in [1.29, 1.82) is 0 Å². The van der Waals surface area contributed by atoms with Crippen LogP contribution in [0.25, 0.3) is 0 Å². The van der Waals surface area contributed by atoms with E-state index in [0.29, 0.717) is 31.7 Å². The zero-order chi connectivity index (χ0) is 31.6. The lowest BCUT2D eigenvalue weighted by Crippen LogP contribution is -2.55. The van der Waals surface area contributed by atoms with Crippen LogP contribution in [0.4, 0.5) is 0 Å². The van der Waals surface area contributed by atoms with Gasteiger partial charge in [0.25, 0.3) is 0 Å². The molecule has 0 saturated heterocycles. The van der Waals surface area contributed by atoms with Crippen molar-refractivity contribution in [3.63, 3.8) is 0 Å². The fraction of sp³-hybridized carbons (Fsp3) is 0.645. The van der Waals surface area contributed by atoms with E-state index in [-0.39, 0.29) is 37.2 Å². The number of nitrogens with one attached hydrogen (secondary N) is 4. The van der Waals surface area contributed by atoms with E-state index in [1.165, 1.54) is 19.3 Å². The van der Waals surface area contributed by atoms with Crippen molar-refractivity contribution in [2.75, 3.05) is 13.6 Å². The van der Waals surface area contributed by atoms with Crippen molar-refractivity contribution in [2.45, 2.75) is 108 Å². The van der Waals surface area contributed by atoms with E-state index in [0.717, 1.165) is 43.1 Å². The lowest BCUT2D eigenvalue weighted by Gasteiger charge is -2.29. The van der Waals surface area contributed by atoms with Crippen molar-refractivity contribution in [1.82, 2.24) is 21.3 Å². The lowest BCUT2D eigenvalue weighted by molar-refractivity contribution is -0.132. The molecule has 238 valence electrons. The van der Waals surface area contributed by atoms with Gasteiger partial charge in [0.2, 0.25) is 23.6 Å². The van der Waals surface area contributed by atoms with Gasteiger partial charge in [0.1, 0.15) is 19.9 Å². The average molecular weight is 598 g/mol. The minimum absolute atomic E-state index is 0.0471. The smallest absolute Gasteiger partial charge is 0.243 e. The van der Waals surface area contributed by atoms with Gasteiger partial charge < -0.3 is 32.7 Å². The summed E-state index contributed by atoms with van der Waals surface area (Å²) < 4.78 is 0. The molecule has 0 aliphatic heterocycles. The molecule has 2 rings (SSSR count). The summed E-state index contributed by atoms with van der Waals surface area (Å²) in [7, 11) is 3.46. The van der Waals surface area contributed by atoms with Gasteiger partial charge >= 0.3 is 0 Å². The second kappa shape index (κ2) is 19.6. The van der Waals surface area contributed by atoms with Crippen LogP contribution in [-0.2, 0) is 19.2 Å². The number of hydrogen-bond donors (Lipinski definition) is 6. The molecule has 2 aliphatic carbocycles. The Kier molecular flexibility index (Phi) is 16.2. The first-order chi connectivity index (χ1) is 20.6. The van der Waals surface area contributed by atoms with Crippen molar-refractivity contribution in [3.05, 3.63) is 35.9 Å². The van der Waals surface area contributed by atoms with Gasteiger partial charge in [-0.2, -0.15) is 0 Å². The summed E-state index contributed by atoms with van der Waals surface area (Å²) in [6.07, 6.45) is 16.5. The molecule has 3 atom stereocenters. The van der Waals surface area contributed by atoms with Crippen LogP contribution >= 0.6 is 0 Å². The molecule has 0 aromatic heterocycles. The molecular formula is C31H52BN7O4. The monoisotopic (exact) mass is 597 g/mol. The maximum atomic E-state index is 13.5. The summed E-state index contributed by atoms with van der Waals surface area (Å²) in [6.45, 7) is 4.54. The van der Waals surface area contributed by atoms with Crippen molar-refractivity contribution in [2.24, 2.45) is 22.4 Å². The third kappa shape index (κ3) is 14.4. The second-order valence-corrected chi connectivity index (χ2v) is 11.8. The molecule has 43 heavy (non-hydrogen) atoms. The molecule has 4 amide bonds. The number of carbonyl (C=O) groups excluding carboxylic acids is 4. The minimum atomic E-state index is -0.994. The van der Waals surface area contributed by atoms with Crippen LogP contribution in [0.15, 0.2) is 40.8 Å². The van der Waals surface area contributed by atoms with Crippen molar-refractivity contribution >= 4 is 37.4 Å². The van der Waals surface area contributed by atoms with Crippen LogP contribution in [0, 0.1) is 5.92 Å². The number of guanidine groups is 1. The molecule has 8 N–H and O–H groups in total. The number of carbonyl (C=O) groups is 4. The van der Waals surface area contributed by atoms with Gasteiger partial charge in [0.15, 0.2) is 5.96 Å². The molecule has 1 saturated carbocycles. The van der Waals surface area contributed by atoms with Gasteiger partial charge in [-0.1, -0.05) is 61.4 Å². The van der Waals surface area contributed by atoms with Crippen LogP contribution in [-0.4, -0.2) is 69.2 Å². The van der Waals surface area contributed by atoms with Crippen LogP contribution in [0.5, 0.6) is 0 Å². The Bertz CT molecular complexity index is 1050. The van der Waals surface area contributed by atoms with Crippen LogP contribution in [0.1, 0.15) is 89.9 Å². The largest absolute Gasteiger partial charge is 0.370 e. The molecule has 12 heteroatoms. The van der Waals surface area contributed by atoms with Crippen LogP contribution in [0.3, 0.4) is 0 Å². The van der Waals surface area contributed by atoms with E-state index in [1.807, 2.05) is 13.9 Å². The second-order valence-electron chi connectivity index (χ2n) is 11.8. The SMILES string of the molecule is BC(=C)[C@H](CC1CCCCC1)NC(=O)C(CCC(N)=O)NC(=O)[C@H](CCCN/C(N)=N/C)NC(=O)CCC1=CCCC=C1. The number of aliphatic imine (C=N–C) groups is 1. The predicted octanol–water partition coefficient (Wildman–Crippen LogP) is 1.19. The zero-order valence-electron chi connectivity index (χ0n) is 26.1. The van der Waals surface area contributed by atoms with Gasteiger partial charge in [0, 0.05) is 32.5 Å². The number of primary amides is 1. The summed E-state index contributed by atoms with van der Waals surface area (Å²) in [6, 6.07) is -2.11. The lowest BCUT2D eigenvalue weighted by atomic mass is 9.79. The molecule has 0 aromatic carbocycles. The van der Waals surface area contributed by atoms with E-state index in [9.17, 15) is 19.2 Å². The highest BCUT2D eigenvalue weighted by atomic mass is 16.2. The van der Waals surface area contributed by atoms with Gasteiger partial charge in [0.05, 0.1) is 0 Å². The maximum Gasteiger partial charge on any atom is 0.243 e. The highest BCUT2D eigenvalue weighted by Crippen LogP contribution is 2.28. The van der Waals surface area contributed by atoms with Gasteiger partial charge in [-0.3, -0.25) is 24.2 Å². The number of rotatable bonds is 18. The summed E-state index contributed by atoms with van der Waals surface area (Å²) in [5, 5.41) is 11.7. The van der Waals surface area contributed by atoms with Gasteiger partial charge in [-0.25, -0.2) is 0 Å². The van der Waals surface area contributed by atoms with E-state index in [4.69, 9.17) is 11.5 Å². The summed E-state index contributed by atoms with van der Waals surface area (Å²) >= 11 is 0. The van der Waals surface area contributed by atoms with Gasteiger partial charge in [-0.05, 0) is 50.9 Å². The van der Waals surface area contributed by atoms with Crippen molar-refractivity contribution < 1.29 is 19.2 Å². The molecule has 0 aromatic rings. The summed E-state index contributed by atoms with van der Waals surface area (Å²) in [5.74, 6) is -0.922. The van der Waals surface area contributed by atoms with E-state index in [1.54, 1.807) is 7.05 Å². The summed E-state index contributed by atoms with van der Waals surface area (Å²) in [5.41, 5.74) is 13.0. The van der Waals surface area contributed by atoms with E-state index < -0.39 is 29.8 Å². The Balaban J connectivity index is 2.10. The van der Waals surface area contributed by atoms with Crippen LogP contribution in [0.2, 0.25) is 0 Å². The first-order valence-corrected chi connectivity index (χ1v) is 15.7. The average Bonchev–Trinajstić information content (AvgIpc) is 2.99.